The number of halogens is 1. The highest BCUT2D eigenvalue weighted by Crippen LogP contribution is 2.23. The number of hydrogen-bond donors (Lipinski definition) is 3. The largest absolute Gasteiger partial charge is 0.508 e. The van der Waals surface area contributed by atoms with Crippen molar-refractivity contribution in [2.24, 2.45) is 0 Å². The third-order valence-electron chi connectivity index (χ3n) is 3.26. The van der Waals surface area contributed by atoms with Crippen LogP contribution in [0.25, 0.3) is 0 Å². The van der Waals surface area contributed by atoms with Crippen molar-refractivity contribution >= 4 is 23.5 Å². The molecular formula is C17H16ClNO5. The van der Waals surface area contributed by atoms with Gasteiger partial charge >= 0.3 is 5.97 Å². The van der Waals surface area contributed by atoms with Crippen molar-refractivity contribution in [2.75, 3.05) is 6.61 Å². The molecule has 7 heteroatoms. The number of nitrogens with one attached hydrogen (secondary N) is 1. The fourth-order valence-electron chi connectivity index (χ4n) is 2.04. The molecule has 1 amide bonds. The summed E-state index contributed by atoms with van der Waals surface area (Å²) in [7, 11) is 0. The number of carbonyl (C=O) groups excluding carboxylic acids is 2. The monoisotopic (exact) mass is 349 g/mol. The van der Waals surface area contributed by atoms with E-state index in [0.717, 1.165) is 11.6 Å². The molecule has 0 heterocycles. The quantitative estimate of drug-likeness (QED) is 0.721. The van der Waals surface area contributed by atoms with Crippen LogP contribution in [0.3, 0.4) is 0 Å². The van der Waals surface area contributed by atoms with Crippen molar-refractivity contribution in [3.8, 4) is 11.5 Å². The van der Waals surface area contributed by atoms with E-state index in [2.05, 4.69) is 5.32 Å². The van der Waals surface area contributed by atoms with Crippen molar-refractivity contribution in [3.05, 3.63) is 58.6 Å². The molecule has 0 unspecified atom stereocenters. The number of rotatable bonds is 5. The summed E-state index contributed by atoms with van der Waals surface area (Å²) in [6.07, 6.45) is 0. The first kappa shape index (κ1) is 17.6. The Balaban J connectivity index is 1.89. The van der Waals surface area contributed by atoms with E-state index in [1.54, 1.807) is 25.1 Å². The average Bonchev–Trinajstić information content (AvgIpc) is 2.52. The second-order valence-electron chi connectivity index (χ2n) is 5.12. The molecule has 1 atom stereocenters. The van der Waals surface area contributed by atoms with E-state index in [-0.39, 0.29) is 17.4 Å². The lowest BCUT2D eigenvalue weighted by Crippen LogP contribution is -2.31. The number of aromatic hydroxyl groups is 2. The Morgan fingerprint density at radius 3 is 2.62 bits per heavy atom. The summed E-state index contributed by atoms with van der Waals surface area (Å²) in [4.78, 5) is 23.7. The Hall–Kier alpha value is -2.73. The SMILES string of the molecule is C[C@@H](NC(=O)COC(=O)c1ccc(O)cc1O)c1cccc(Cl)c1. The van der Waals surface area contributed by atoms with Gasteiger partial charge in [-0.05, 0) is 36.8 Å². The van der Waals surface area contributed by atoms with Gasteiger partial charge in [-0.2, -0.15) is 0 Å². The van der Waals surface area contributed by atoms with Gasteiger partial charge in [0.25, 0.3) is 5.91 Å². The van der Waals surface area contributed by atoms with Crippen molar-refractivity contribution in [2.45, 2.75) is 13.0 Å². The molecule has 0 aliphatic carbocycles. The standard InChI is InChI=1S/C17H16ClNO5/c1-10(11-3-2-4-12(18)7-11)19-16(22)9-24-17(23)14-6-5-13(20)8-15(14)21/h2-8,10,20-21H,9H2,1H3,(H,19,22)/t10-/m1/s1. The minimum atomic E-state index is -0.863. The third-order valence-corrected chi connectivity index (χ3v) is 3.50. The van der Waals surface area contributed by atoms with Crippen molar-refractivity contribution < 1.29 is 24.5 Å². The molecule has 3 N–H and O–H groups in total. The second kappa shape index (κ2) is 7.70. The van der Waals surface area contributed by atoms with Crippen LogP contribution in [0.15, 0.2) is 42.5 Å². The number of carbonyl (C=O) groups is 2. The van der Waals surface area contributed by atoms with Gasteiger partial charge in [-0.3, -0.25) is 4.79 Å². The van der Waals surface area contributed by atoms with Crippen LogP contribution in [0, 0.1) is 0 Å². The van der Waals surface area contributed by atoms with E-state index in [0.29, 0.717) is 5.02 Å². The molecule has 24 heavy (non-hydrogen) atoms. The topological polar surface area (TPSA) is 95.9 Å². The molecule has 0 bridgehead atoms. The van der Waals surface area contributed by atoms with Gasteiger partial charge in [-0.1, -0.05) is 23.7 Å². The van der Waals surface area contributed by atoms with Gasteiger partial charge in [-0.25, -0.2) is 4.79 Å². The first-order valence-electron chi connectivity index (χ1n) is 7.10. The number of phenols is 2. The van der Waals surface area contributed by atoms with E-state index >= 15 is 0 Å². The first-order chi connectivity index (χ1) is 11.4. The number of phenolic OH excluding ortho intramolecular Hbond substituents is 2. The Bertz CT molecular complexity index is 762. The molecule has 126 valence electrons. The Morgan fingerprint density at radius 1 is 1.21 bits per heavy atom. The molecule has 0 aromatic heterocycles. The summed E-state index contributed by atoms with van der Waals surface area (Å²) >= 11 is 5.90. The lowest BCUT2D eigenvalue weighted by Gasteiger charge is -2.14. The van der Waals surface area contributed by atoms with Crippen LogP contribution in [0.2, 0.25) is 5.02 Å². The number of hydrogen-bond acceptors (Lipinski definition) is 5. The molecule has 2 aromatic carbocycles. The molecule has 0 aliphatic rings. The zero-order valence-corrected chi connectivity index (χ0v) is 13.6. The van der Waals surface area contributed by atoms with Gasteiger partial charge in [0, 0.05) is 11.1 Å². The van der Waals surface area contributed by atoms with Gasteiger partial charge in [0.05, 0.1) is 6.04 Å². The molecule has 2 aromatic rings. The zero-order valence-electron chi connectivity index (χ0n) is 12.8. The van der Waals surface area contributed by atoms with E-state index in [4.69, 9.17) is 16.3 Å². The highest BCUT2D eigenvalue weighted by molar-refractivity contribution is 6.30. The lowest BCUT2D eigenvalue weighted by atomic mass is 10.1. The summed E-state index contributed by atoms with van der Waals surface area (Å²) in [5.74, 6) is -1.96. The fraction of sp³-hybridized carbons (Fsp3) is 0.176. The number of amides is 1. The molecule has 0 fully saturated rings. The summed E-state index contributed by atoms with van der Waals surface area (Å²) < 4.78 is 4.85. The van der Waals surface area contributed by atoms with Gasteiger partial charge < -0.3 is 20.3 Å². The summed E-state index contributed by atoms with van der Waals surface area (Å²) in [6.45, 7) is 1.28. The van der Waals surface area contributed by atoms with E-state index in [1.807, 2.05) is 6.07 Å². The van der Waals surface area contributed by atoms with Crippen LogP contribution in [0.1, 0.15) is 28.9 Å². The summed E-state index contributed by atoms with van der Waals surface area (Å²) in [5.41, 5.74) is 0.682. The van der Waals surface area contributed by atoms with Crippen molar-refractivity contribution in [1.29, 1.82) is 0 Å². The Morgan fingerprint density at radius 2 is 1.96 bits per heavy atom. The van der Waals surface area contributed by atoms with Crippen molar-refractivity contribution in [1.82, 2.24) is 5.32 Å². The van der Waals surface area contributed by atoms with Crippen LogP contribution in [0.5, 0.6) is 11.5 Å². The van der Waals surface area contributed by atoms with Crippen LogP contribution >= 0.6 is 11.6 Å². The fourth-order valence-corrected chi connectivity index (χ4v) is 2.24. The third kappa shape index (κ3) is 4.63. The van der Waals surface area contributed by atoms with E-state index in [1.165, 1.54) is 12.1 Å². The second-order valence-corrected chi connectivity index (χ2v) is 5.56. The van der Waals surface area contributed by atoms with Gasteiger partial charge in [0.15, 0.2) is 6.61 Å². The highest BCUT2D eigenvalue weighted by Gasteiger charge is 2.16. The molecule has 0 radical (unpaired) electrons. The van der Waals surface area contributed by atoms with E-state index in [9.17, 15) is 19.8 Å². The zero-order chi connectivity index (χ0) is 17.7. The smallest absolute Gasteiger partial charge is 0.342 e. The van der Waals surface area contributed by atoms with Gasteiger partial charge in [0.2, 0.25) is 0 Å². The maximum atomic E-state index is 11.9. The molecule has 2 rings (SSSR count). The highest BCUT2D eigenvalue weighted by atomic mass is 35.5. The molecule has 0 saturated carbocycles. The summed E-state index contributed by atoms with van der Waals surface area (Å²) in [6, 6.07) is 10.2. The van der Waals surface area contributed by atoms with Crippen LogP contribution in [0.4, 0.5) is 0 Å². The molecule has 0 aliphatic heterocycles. The molecular weight excluding hydrogens is 334 g/mol. The van der Waals surface area contributed by atoms with Gasteiger partial charge in [0.1, 0.15) is 17.1 Å². The minimum Gasteiger partial charge on any atom is -0.508 e. The van der Waals surface area contributed by atoms with Gasteiger partial charge in [-0.15, -0.1) is 0 Å². The average molecular weight is 350 g/mol. The first-order valence-corrected chi connectivity index (χ1v) is 7.48. The van der Waals surface area contributed by atoms with Crippen LogP contribution < -0.4 is 5.32 Å². The number of esters is 1. The molecule has 0 saturated heterocycles. The molecule has 0 spiro atoms. The normalized spacial score (nSPS) is 11.6. The maximum absolute atomic E-state index is 11.9. The Labute approximate surface area is 143 Å². The maximum Gasteiger partial charge on any atom is 0.342 e. The predicted octanol–water partition coefficient (Wildman–Crippen LogP) is 2.79. The lowest BCUT2D eigenvalue weighted by molar-refractivity contribution is -0.124. The molecule has 6 nitrogen and oxygen atoms in total. The number of benzene rings is 2. The van der Waals surface area contributed by atoms with Crippen molar-refractivity contribution in [3.63, 3.8) is 0 Å². The van der Waals surface area contributed by atoms with E-state index < -0.39 is 24.2 Å². The van der Waals surface area contributed by atoms with Crippen LogP contribution in [-0.4, -0.2) is 28.7 Å². The summed E-state index contributed by atoms with van der Waals surface area (Å²) in [5, 5.41) is 22.0. The van der Waals surface area contributed by atoms with Crippen LogP contribution in [-0.2, 0) is 9.53 Å². The number of ether oxygens (including phenoxy) is 1. The predicted molar refractivity (Wildman–Crippen MR) is 88.1 cm³/mol. The Kier molecular flexibility index (Phi) is 5.65. The minimum absolute atomic E-state index is 0.136.